The predicted octanol–water partition coefficient (Wildman–Crippen LogP) is 1.92. The molecule has 0 saturated carbocycles. The highest BCUT2D eigenvalue weighted by molar-refractivity contribution is 5.94. The van der Waals surface area contributed by atoms with Gasteiger partial charge in [-0.05, 0) is 11.6 Å². The first kappa shape index (κ1) is 9.68. The lowest BCUT2D eigenvalue weighted by Gasteiger charge is -1.92. The van der Waals surface area contributed by atoms with Gasteiger partial charge in [0.25, 0.3) is 0 Å². The molecule has 1 aromatic carbocycles. The Labute approximate surface area is 77.8 Å². The molecule has 0 fully saturated rings. The molecular weight excluding hydrogens is 164 g/mol. The molecule has 0 bridgehead atoms. The predicted molar refractivity (Wildman–Crippen MR) is 52.4 cm³/mol. The zero-order valence-electron chi connectivity index (χ0n) is 7.57. The van der Waals surface area contributed by atoms with Gasteiger partial charge in [-0.25, -0.2) is 0 Å². The Morgan fingerprint density at radius 2 is 2.08 bits per heavy atom. The van der Waals surface area contributed by atoms with Crippen molar-refractivity contribution >= 4 is 11.9 Å². The van der Waals surface area contributed by atoms with Crippen LogP contribution in [0.2, 0.25) is 0 Å². The summed E-state index contributed by atoms with van der Waals surface area (Å²) in [5.74, 6) is -0.0219. The highest BCUT2D eigenvalue weighted by Gasteiger charge is 1.92. The van der Waals surface area contributed by atoms with Gasteiger partial charge >= 0.3 is 0 Å². The summed E-state index contributed by atoms with van der Waals surface area (Å²) in [4.78, 5) is 11.0. The number of rotatable bonds is 4. The summed E-state index contributed by atoms with van der Waals surface area (Å²) in [6.45, 7) is 0.142. The molecule has 13 heavy (non-hydrogen) atoms. The van der Waals surface area contributed by atoms with E-state index >= 15 is 0 Å². The number of ether oxygens (including phenoxy) is 1. The minimum absolute atomic E-state index is 0.0219. The number of hydrogen-bond acceptors (Lipinski definition) is 2. The van der Waals surface area contributed by atoms with Crippen LogP contribution in [0, 0.1) is 0 Å². The van der Waals surface area contributed by atoms with E-state index in [2.05, 4.69) is 0 Å². The highest BCUT2D eigenvalue weighted by Crippen LogP contribution is 2.00. The van der Waals surface area contributed by atoms with E-state index < -0.39 is 0 Å². The van der Waals surface area contributed by atoms with Gasteiger partial charge in [0.2, 0.25) is 0 Å². The van der Waals surface area contributed by atoms with Crippen molar-refractivity contribution in [3.8, 4) is 0 Å². The maximum Gasteiger partial charge on any atom is 0.181 e. The van der Waals surface area contributed by atoms with Crippen molar-refractivity contribution in [2.45, 2.75) is 0 Å². The molecule has 0 aliphatic rings. The molecule has 0 N–H and O–H groups in total. The standard InChI is InChI=1S/C11H12O2/c1-13-9-11(12)8-7-10-5-3-2-4-6-10/h2-8H,9H2,1H3/b8-7+. The van der Waals surface area contributed by atoms with Crippen molar-refractivity contribution in [2.24, 2.45) is 0 Å². The Balaban J connectivity index is 2.54. The number of benzene rings is 1. The van der Waals surface area contributed by atoms with Crippen LogP contribution in [0.1, 0.15) is 5.56 Å². The third kappa shape index (κ3) is 3.67. The normalized spacial score (nSPS) is 10.5. The van der Waals surface area contributed by atoms with Crippen LogP contribution < -0.4 is 0 Å². The van der Waals surface area contributed by atoms with Crippen LogP contribution in [-0.4, -0.2) is 19.5 Å². The first-order valence-electron chi connectivity index (χ1n) is 4.08. The molecule has 0 saturated heterocycles. The van der Waals surface area contributed by atoms with Crippen LogP contribution in [-0.2, 0) is 9.53 Å². The summed E-state index contributed by atoms with van der Waals surface area (Å²) < 4.78 is 4.69. The van der Waals surface area contributed by atoms with E-state index in [9.17, 15) is 4.79 Å². The molecule has 0 aliphatic heterocycles. The van der Waals surface area contributed by atoms with Crippen molar-refractivity contribution < 1.29 is 9.53 Å². The SMILES string of the molecule is COCC(=O)/C=C/c1ccccc1. The van der Waals surface area contributed by atoms with Gasteiger partial charge in [-0.15, -0.1) is 0 Å². The third-order valence-electron chi connectivity index (χ3n) is 1.55. The Kier molecular flexibility index (Phi) is 3.93. The molecule has 68 valence electrons. The second-order valence-electron chi connectivity index (χ2n) is 2.64. The second kappa shape index (κ2) is 5.27. The molecule has 0 atom stereocenters. The minimum Gasteiger partial charge on any atom is -0.377 e. The van der Waals surface area contributed by atoms with Gasteiger partial charge in [-0.1, -0.05) is 36.4 Å². The monoisotopic (exact) mass is 176 g/mol. The van der Waals surface area contributed by atoms with Gasteiger partial charge in [0, 0.05) is 7.11 Å². The topological polar surface area (TPSA) is 26.3 Å². The smallest absolute Gasteiger partial charge is 0.181 e. The lowest BCUT2D eigenvalue weighted by molar-refractivity contribution is -0.117. The average molecular weight is 176 g/mol. The fourth-order valence-corrected chi connectivity index (χ4v) is 0.944. The number of carbonyl (C=O) groups excluding carboxylic acids is 1. The summed E-state index contributed by atoms with van der Waals surface area (Å²) in [7, 11) is 1.51. The second-order valence-corrected chi connectivity index (χ2v) is 2.64. The summed E-state index contributed by atoms with van der Waals surface area (Å²) in [6.07, 6.45) is 3.31. The first-order chi connectivity index (χ1) is 6.33. The van der Waals surface area contributed by atoms with Gasteiger partial charge in [0.05, 0.1) is 0 Å². The van der Waals surface area contributed by atoms with Gasteiger partial charge < -0.3 is 4.74 Å². The molecule has 0 spiro atoms. The molecule has 0 amide bonds. The van der Waals surface area contributed by atoms with Crippen molar-refractivity contribution in [1.29, 1.82) is 0 Å². The van der Waals surface area contributed by atoms with Gasteiger partial charge in [-0.2, -0.15) is 0 Å². The first-order valence-corrected chi connectivity index (χ1v) is 4.08. The van der Waals surface area contributed by atoms with E-state index in [1.54, 1.807) is 6.08 Å². The van der Waals surface area contributed by atoms with E-state index in [0.717, 1.165) is 5.56 Å². The Morgan fingerprint density at radius 1 is 1.38 bits per heavy atom. The molecular formula is C11H12O2. The van der Waals surface area contributed by atoms with Crippen LogP contribution in [0.15, 0.2) is 36.4 Å². The van der Waals surface area contributed by atoms with E-state index in [0.29, 0.717) is 0 Å². The van der Waals surface area contributed by atoms with Crippen LogP contribution in [0.3, 0.4) is 0 Å². The minimum atomic E-state index is -0.0219. The third-order valence-corrected chi connectivity index (χ3v) is 1.55. The van der Waals surface area contributed by atoms with Crippen molar-refractivity contribution in [3.05, 3.63) is 42.0 Å². The lowest BCUT2D eigenvalue weighted by Crippen LogP contribution is -2.01. The Bertz CT molecular complexity index is 288. The summed E-state index contributed by atoms with van der Waals surface area (Å²) in [6, 6.07) is 9.68. The molecule has 2 nitrogen and oxygen atoms in total. The zero-order chi connectivity index (χ0) is 9.52. The molecule has 0 radical (unpaired) electrons. The number of hydrogen-bond donors (Lipinski definition) is 0. The van der Waals surface area contributed by atoms with Crippen LogP contribution in [0.4, 0.5) is 0 Å². The highest BCUT2D eigenvalue weighted by atomic mass is 16.5. The van der Waals surface area contributed by atoms with Gasteiger partial charge in [-0.3, -0.25) is 4.79 Å². The molecule has 0 heterocycles. The zero-order valence-corrected chi connectivity index (χ0v) is 7.57. The maximum absolute atomic E-state index is 11.0. The van der Waals surface area contributed by atoms with Crippen LogP contribution in [0.25, 0.3) is 6.08 Å². The number of ketones is 1. The fourth-order valence-electron chi connectivity index (χ4n) is 0.944. The molecule has 1 aromatic rings. The number of methoxy groups -OCH3 is 1. The van der Waals surface area contributed by atoms with E-state index in [1.807, 2.05) is 30.3 Å². The molecule has 0 aliphatic carbocycles. The average Bonchev–Trinajstić information content (AvgIpc) is 2.17. The lowest BCUT2D eigenvalue weighted by atomic mass is 10.2. The summed E-state index contributed by atoms with van der Waals surface area (Å²) >= 11 is 0. The van der Waals surface area contributed by atoms with Gasteiger partial charge in [0.15, 0.2) is 5.78 Å². The van der Waals surface area contributed by atoms with Crippen LogP contribution >= 0.6 is 0 Å². The summed E-state index contributed by atoms with van der Waals surface area (Å²) in [5.41, 5.74) is 1.02. The van der Waals surface area contributed by atoms with Gasteiger partial charge in [0.1, 0.15) is 6.61 Å². The Hall–Kier alpha value is -1.41. The van der Waals surface area contributed by atoms with E-state index in [1.165, 1.54) is 13.2 Å². The van der Waals surface area contributed by atoms with Crippen molar-refractivity contribution in [2.75, 3.05) is 13.7 Å². The van der Waals surface area contributed by atoms with Crippen LogP contribution in [0.5, 0.6) is 0 Å². The van der Waals surface area contributed by atoms with E-state index in [-0.39, 0.29) is 12.4 Å². The molecule has 2 heteroatoms. The van der Waals surface area contributed by atoms with Crippen molar-refractivity contribution in [1.82, 2.24) is 0 Å². The summed E-state index contributed by atoms with van der Waals surface area (Å²) in [5, 5.41) is 0. The largest absolute Gasteiger partial charge is 0.377 e. The molecule has 0 unspecified atom stereocenters. The number of carbonyl (C=O) groups is 1. The molecule has 1 rings (SSSR count). The maximum atomic E-state index is 11.0. The quantitative estimate of drug-likeness (QED) is 0.655. The fraction of sp³-hybridized carbons (Fsp3) is 0.182. The van der Waals surface area contributed by atoms with Crippen molar-refractivity contribution in [3.63, 3.8) is 0 Å². The Morgan fingerprint density at radius 3 is 2.69 bits per heavy atom. The van der Waals surface area contributed by atoms with E-state index in [4.69, 9.17) is 4.74 Å². The molecule has 0 aromatic heterocycles.